The van der Waals surface area contributed by atoms with E-state index in [-0.39, 0.29) is 17.6 Å². The van der Waals surface area contributed by atoms with Gasteiger partial charge in [0, 0.05) is 43.2 Å². The van der Waals surface area contributed by atoms with E-state index >= 15 is 0 Å². The number of nitrogens with one attached hydrogen (secondary N) is 1. The Labute approximate surface area is 150 Å². The summed E-state index contributed by atoms with van der Waals surface area (Å²) in [5.41, 5.74) is 2.91. The average Bonchev–Trinajstić information content (AvgIpc) is 3.23. The average molecular weight is 351 g/mol. The number of hydrogen-bond acceptors (Lipinski definition) is 4. The summed E-state index contributed by atoms with van der Waals surface area (Å²) < 4.78 is 13.2. The summed E-state index contributed by atoms with van der Waals surface area (Å²) in [6, 6.07) is 7.93. The molecule has 7 heteroatoms. The Morgan fingerprint density at radius 1 is 1.12 bits per heavy atom. The maximum absolute atomic E-state index is 13.2. The lowest BCUT2D eigenvalue weighted by molar-refractivity contribution is 0.0700. The van der Waals surface area contributed by atoms with E-state index in [0.717, 1.165) is 29.8 Å². The van der Waals surface area contributed by atoms with Crippen molar-refractivity contribution in [2.75, 3.05) is 13.1 Å². The minimum Gasteiger partial charge on any atom is -0.337 e. The highest BCUT2D eigenvalue weighted by atomic mass is 19.1. The quantitative estimate of drug-likeness (QED) is 0.787. The van der Waals surface area contributed by atoms with Gasteiger partial charge in [0.1, 0.15) is 11.5 Å². The summed E-state index contributed by atoms with van der Waals surface area (Å²) in [7, 11) is 0. The van der Waals surface area contributed by atoms with E-state index in [0.29, 0.717) is 18.8 Å². The monoisotopic (exact) mass is 351 g/mol. The lowest BCUT2D eigenvalue weighted by Gasteiger charge is -2.32. The molecule has 1 aliphatic heterocycles. The standard InChI is InChI=1S/C19H18FN5O/c20-15-5-3-13(4-6-15)17-18(22-10-9-21-17)14-2-1-11-25(12-14)19(26)16-7-8-23-24-16/h3-10,14H,1-2,11-12H2,(H,23,24). The van der Waals surface area contributed by atoms with Crippen molar-refractivity contribution in [3.63, 3.8) is 0 Å². The third-order valence-corrected chi connectivity index (χ3v) is 4.67. The molecule has 1 aromatic carbocycles. The van der Waals surface area contributed by atoms with E-state index in [1.165, 1.54) is 12.1 Å². The number of rotatable bonds is 3. The fourth-order valence-electron chi connectivity index (χ4n) is 3.41. The zero-order valence-electron chi connectivity index (χ0n) is 14.1. The molecule has 1 fully saturated rings. The largest absolute Gasteiger partial charge is 0.337 e. The van der Waals surface area contributed by atoms with Crippen molar-refractivity contribution in [2.45, 2.75) is 18.8 Å². The molecule has 1 atom stereocenters. The van der Waals surface area contributed by atoms with Crippen LogP contribution in [0.3, 0.4) is 0 Å². The smallest absolute Gasteiger partial charge is 0.271 e. The highest BCUT2D eigenvalue weighted by molar-refractivity contribution is 5.92. The van der Waals surface area contributed by atoms with Crippen LogP contribution in [0.5, 0.6) is 0 Å². The highest BCUT2D eigenvalue weighted by Gasteiger charge is 2.28. The van der Waals surface area contributed by atoms with Crippen molar-refractivity contribution in [1.82, 2.24) is 25.1 Å². The predicted molar refractivity (Wildman–Crippen MR) is 93.9 cm³/mol. The van der Waals surface area contributed by atoms with Gasteiger partial charge >= 0.3 is 0 Å². The second kappa shape index (κ2) is 7.03. The lowest BCUT2D eigenvalue weighted by atomic mass is 9.91. The van der Waals surface area contributed by atoms with Crippen LogP contribution < -0.4 is 0 Å². The van der Waals surface area contributed by atoms with Gasteiger partial charge in [0.2, 0.25) is 0 Å². The van der Waals surface area contributed by atoms with Gasteiger partial charge in [0.05, 0.1) is 11.4 Å². The summed E-state index contributed by atoms with van der Waals surface area (Å²) >= 11 is 0. The summed E-state index contributed by atoms with van der Waals surface area (Å²) in [6.07, 6.45) is 6.70. The predicted octanol–water partition coefficient (Wildman–Crippen LogP) is 3.03. The molecule has 1 N–H and O–H groups in total. The zero-order valence-corrected chi connectivity index (χ0v) is 14.1. The van der Waals surface area contributed by atoms with E-state index in [9.17, 15) is 9.18 Å². The first-order valence-corrected chi connectivity index (χ1v) is 8.58. The van der Waals surface area contributed by atoms with Gasteiger partial charge in [-0.05, 0) is 43.2 Å². The molecule has 0 radical (unpaired) electrons. The minimum absolute atomic E-state index is 0.0561. The maximum atomic E-state index is 13.2. The number of amides is 1. The lowest BCUT2D eigenvalue weighted by Crippen LogP contribution is -2.39. The van der Waals surface area contributed by atoms with Crippen molar-refractivity contribution >= 4 is 5.91 Å². The van der Waals surface area contributed by atoms with Crippen molar-refractivity contribution in [3.8, 4) is 11.3 Å². The maximum Gasteiger partial charge on any atom is 0.271 e. The SMILES string of the molecule is O=C(c1ccn[nH]1)N1CCCC(c2nccnc2-c2ccc(F)cc2)C1. The number of hydrogen-bond donors (Lipinski definition) is 1. The Morgan fingerprint density at radius 3 is 2.69 bits per heavy atom. The van der Waals surface area contributed by atoms with Crippen molar-refractivity contribution in [1.29, 1.82) is 0 Å². The van der Waals surface area contributed by atoms with Crippen LogP contribution in [0.2, 0.25) is 0 Å². The molecule has 26 heavy (non-hydrogen) atoms. The van der Waals surface area contributed by atoms with Crippen LogP contribution in [0.4, 0.5) is 4.39 Å². The molecule has 0 saturated carbocycles. The van der Waals surface area contributed by atoms with E-state index in [1.807, 2.05) is 4.90 Å². The van der Waals surface area contributed by atoms with E-state index in [1.54, 1.807) is 36.8 Å². The molecular formula is C19H18FN5O. The number of benzene rings is 1. The van der Waals surface area contributed by atoms with E-state index in [2.05, 4.69) is 20.2 Å². The first kappa shape index (κ1) is 16.4. The van der Waals surface area contributed by atoms with Gasteiger partial charge < -0.3 is 4.90 Å². The number of carbonyl (C=O) groups excluding carboxylic acids is 1. The molecule has 4 rings (SSSR count). The van der Waals surface area contributed by atoms with Gasteiger partial charge in [-0.2, -0.15) is 5.10 Å². The number of aromatic nitrogens is 4. The van der Waals surface area contributed by atoms with Crippen LogP contribution in [0.15, 0.2) is 48.9 Å². The Morgan fingerprint density at radius 2 is 1.92 bits per heavy atom. The van der Waals surface area contributed by atoms with Crippen LogP contribution in [-0.2, 0) is 0 Å². The highest BCUT2D eigenvalue weighted by Crippen LogP contribution is 2.32. The van der Waals surface area contributed by atoms with Gasteiger partial charge in [0.25, 0.3) is 5.91 Å². The second-order valence-electron chi connectivity index (χ2n) is 6.36. The molecule has 2 aromatic heterocycles. The number of aromatic amines is 1. The molecule has 0 aliphatic carbocycles. The molecule has 3 aromatic rings. The van der Waals surface area contributed by atoms with Crippen molar-refractivity contribution < 1.29 is 9.18 Å². The summed E-state index contributed by atoms with van der Waals surface area (Å²) in [5, 5.41) is 6.58. The molecule has 3 heterocycles. The van der Waals surface area contributed by atoms with Crippen LogP contribution in [0.25, 0.3) is 11.3 Å². The Kier molecular flexibility index (Phi) is 4.43. The second-order valence-corrected chi connectivity index (χ2v) is 6.36. The van der Waals surface area contributed by atoms with Crippen molar-refractivity contribution in [2.24, 2.45) is 0 Å². The van der Waals surface area contributed by atoms with E-state index in [4.69, 9.17) is 0 Å². The molecule has 0 spiro atoms. The third-order valence-electron chi connectivity index (χ3n) is 4.67. The van der Waals surface area contributed by atoms with Crippen LogP contribution in [0, 0.1) is 5.82 Å². The first-order valence-electron chi connectivity index (χ1n) is 8.58. The molecule has 1 saturated heterocycles. The zero-order chi connectivity index (χ0) is 17.9. The molecular weight excluding hydrogens is 333 g/mol. The topological polar surface area (TPSA) is 74.8 Å². The molecule has 1 aliphatic rings. The Bertz CT molecular complexity index is 895. The van der Waals surface area contributed by atoms with E-state index < -0.39 is 0 Å². The normalized spacial score (nSPS) is 17.3. The van der Waals surface area contributed by atoms with Gasteiger partial charge in [-0.15, -0.1) is 0 Å². The Balaban J connectivity index is 1.61. The van der Waals surface area contributed by atoms with Crippen LogP contribution in [-0.4, -0.2) is 44.1 Å². The van der Waals surface area contributed by atoms with Gasteiger partial charge in [-0.3, -0.25) is 19.9 Å². The molecule has 0 bridgehead atoms. The molecule has 1 unspecified atom stereocenters. The Hall–Kier alpha value is -3.09. The van der Waals surface area contributed by atoms with Crippen LogP contribution >= 0.6 is 0 Å². The number of nitrogens with zero attached hydrogens (tertiary/aromatic N) is 4. The summed E-state index contributed by atoms with van der Waals surface area (Å²) in [5.74, 6) is -0.253. The van der Waals surface area contributed by atoms with Crippen molar-refractivity contribution in [3.05, 3.63) is 66.1 Å². The molecule has 6 nitrogen and oxygen atoms in total. The number of piperidine rings is 1. The summed E-state index contributed by atoms with van der Waals surface area (Å²) in [6.45, 7) is 1.28. The molecule has 1 amide bonds. The number of likely N-dealkylation sites (tertiary alicyclic amines) is 1. The number of carbonyl (C=O) groups is 1. The first-order chi connectivity index (χ1) is 12.7. The fourth-order valence-corrected chi connectivity index (χ4v) is 3.41. The fraction of sp³-hybridized carbons (Fsp3) is 0.263. The molecule has 132 valence electrons. The number of halogens is 1. The van der Waals surface area contributed by atoms with Crippen LogP contribution in [0.1, 0.15) is 34.9 Å². The number of H-pyrrole nitrogens is 1. The van der Waals surface area contributed by atoms with Gasteiger partial charge in [-0.25, -0.2) is 4.39 Å². The van der Waals surface area contributed by atoms with Gasteiger partial charge in [-0.1, -0.05) is 0 Å². The minimum atomic E-state index is -0.284. The summed E-state index contributed by atoms with van der Waals surface area (Å²) in [4.78, 5) is 23.4. The van der Waals surface area contributed by atoms with Gasteiger partial charge in [0.15, 0.2) is 0 Å². The third kappa shape index (κ3) is 3.20.